The molecule has 0 amide bonds. The molecule has 1 atom stereocenters. The SMILES string of the molecule is NNC(Cc1ccoc1)Cc1ccc(Cl)cc1Cl. The standard InChI is InChI=1S/C13H14Cl2N2O/c14-11-2-1-10(13(15)7-11)6-12(17-16)5-9-3-4-18-8-9/h1-4,7-8,12,17H,5-6,16H2. The normalized spacial score (nSPS) is 12.6. The molecule has 0 saturated heterocycles. The van der Waals surface area contributed by atoms with E-state index >= 15 is 0 Å². The summed E-state index contributed by atoms with van der Waals surface area (Å²) in [4.78, 5) is 0. The second-order valence-corrected chi connectivity index (χ2v) is 4.98. The highest BCUT2D eigenvalue weighted by atomic mass is 35.5. The highest BCUT2D eigenvalue weighted by Crippen LogP contribution is 2.22. The summed E-state index contributed by atoms with van der Waals surface area (Å²) in [5.41, 5.74) is 4.92. The molecule has 0 saturated carbocycles. The van der Waals surface area contributed by atoms with Crippen molar-refractivity contribution in [1.29, 1.82) is 0 Å². The van der Waals surface area contributed by atoms with Crippen molar-refractivity contribution in [2.24, 2.45) is 5.84 Å². The number of hydrogen-bond acceptors (Lipinski definition) is 3. The van der Waals surface area contributed by atoms with Crippen LogP contribution in [0.2, 0.25) is 10.0 Å². The van der Waals surface area contributed by atoms with Crippen molar-refractivity contribution in [3.05, 3.63) is 58.0 Å². The van der Waals surface area contributed by atoms with Crippen LogP contribution in [0.25, 0.3) is 0 Å². The van der Waals surface area contributed by atoms with Crippen molar-refractivity contribution in [2.75, 3.05) is 0 Å². The van der Waals surface area contributed by atoms with Gasteiger partial charge >= 0.3 is 0 Å². The summed E-state index contributed by atoms with van der Waals surface area (Å²) in [5, 5.41) is 1.30. The van der Waals surface area contributed by atoms with E-state index in [1.807, 2.05) is 18.2 Å². The number of hydrogen-bond donors (Lipinski definition) is 2. The Morgan fingerprint density at radius 1 is 1.22 bits per heavy atom. The lowest BCUT2D eigenvalue weighted by Gasteiger charge is -2.16. The molecule has 0 fully saturated rings. The average molecular weight is 285 g/mol. The van der Waals surface area contributed by atoms with Gasteiger partial charge in [0.15, 0.2) is 0 Å². The summed E-state index contributed by atoms with van der Waals surface area (Å²) in [6, 6.07) is 7.51. The fourth-order valence-corrected chi connectivity index (χ4v) is 2.32. The Balaban J connectivity index is 2.05. The summed E-state index contributed by atoms with van der Waals surface area (Å²) in [5.74, 6) is 5.57. The molecule has 1 aromatic heterocycles. The van der Waals surface area contributed by atoms with Gasteiger partial charge < -0.3 is 4.42 Å². The predicted octanol–water partition coefficient (Wildman–Crippen LogP) is 3.20. The van der Waals surface area contributed by atoms with E-state index in [2.05, 4.69) is 5.43 Å². The van der Waals surface area contributed by atoms with E-state index in [1.54, 1.807) is 18.6 Å². The van der Waals surface area contributed by atoms with Gasteiger partial charge in [-0.2, -0.15) is 0 Å². The van der Waals surface area contributed by atoms with E-state index in [-0.39, 0.29) is 6.04 Å². The van der Waals surface area contributed by atoms with Crippen LogP contribution in [0.3, 0.4) is 0 Å². The third-order valence-electron chi connectivity index (χ3n) is 2.78. The molecule has 96 valence electrons. The zero-order valence-electron chi connectivity index (χ0n) is 9.70. The molecule has 1 unspecified atom stereocenters. The van der Waals surface area contributed by atoms with E-state index < -0.39 is 0 Å². The Labute approximate surface area is 116 Å². The van der Waals surface area contributed by atoms with E-state index in [0.29, 0.717) is 10.0 Å². The molecular formula is C13H14Cl2N2O. The first-order valence-electron chi connectivity index (χ1n) is 5.60. The van der Waals surface area contributed by atoms with E-state index in [0.717, 1.165) is 24.0 Å². The van der Waals surface area contributed by atoms with Crippen LogP contribution < -0.4 is 11.3 Å². The molecule has 1 heterocycles. The molecular weight excluding hydrogens is 271 g/mol. The van der Waals surface area contributed by atoms with Crippen LogP contribution in [0.15, 0.2) is 41.2 Å². The van der Waals surface area contributed by atoms with Gasteiger partial charge in [0.2, 0.25) is 0 Å². The molecule has 0 aliphatic rings. The van der Waals surface area contributed by atoms with Crippen LogP contribution in [0.5, 0.6) is 0 Å². The van der Waals surface area contributed by atoms with Crippen molar-refractivity contribution < 1.29 is 4.42 Å². The van der Waals surface area contributed by atoms with Gasteiger partial charge in [0.1, 0.15) is 0 Å². The van der Waals surface area contributed by atoms with Gasteiger partial charge in [0.05, 0.1) is 12.5 Å². The smallest absolute Gasteiger partial charge is 0.0935 e. The van der Waals surface area contributed by atoms with E-state index in [4.69, 9.17) is 33.5 Å². The van der Waals surface area contributed by atoms with Crippen LogP contribution in [-0.2, 0) is 12.8 Å². The van der Waals surface area contributed by atoms with E-state index in [9.17, 15) is 0 Å². The fraction of sp³-hybridized carbons (Fsp3) is 0.231. The first-order chi connectivity index (χ1) is 8.69. The third-order valence-corrected chi connectivity index (χ3v) is 3.37. The molecule has 2 rings (SSSR count). The van der Waals surface area contributed by atoms with Crippen LogP contribution in [0.4, 0.5) is 0 Å². The first kappa shape index (κ1) is 13.4. The van der Waals surface area contributed by atoms with Crippen LogP contribution in [-0.4, -0.2) is 6.04 Å². The van der Waals surface area contributed by atoms with Crippen molar-refractivity contribution in [1.82, 2.24) is 5.43 Å². The molecule has 18 heavy (non-hydrogen) atoms. The minimum Gasteiger partial charge on any atom is -0.472 e. The quantitative estimate of drug-likeness (QED) is 0.655. The van der Waals surface area contributed by atoms with Crippen LogP contribution in [0.1, 0.15) is 11.1 Å². The van der Waals surface area contributed by atoms with Crippen molar-refractivity contribution >= 4 is 23.2 Å². The zero-order chi connectivity index (χ0) is 13.0. The van der Waals surface area contributed by atoms with Gasteiger partial charge in [-0.1, -0.05) is 29.3 Å². The molecule has 0 bridgehead atoms. The highest BCUT2D eigenvalue weighted by molar-refractivity contribution is 6.35. The molecule has 2 aromatic rings. The Bertz CT molecular complexity index is 500. The van der Waals surface area contributed by atoms with Gasteiger partial charge in [0, 0.05) is 16.1 Å². The molecule has 0 spiro atoms. The monoisotopic (exact) mass is 284 g/mol. The molecule has 0 radical (unpaired) electrons. The lowest BCUT2D eigenvalue weighted by Crippen LogP contribution is -2.38. The lowest BCUT2D eigenvalue weighted by molar-refractivity contribution is 0.514. The Morgan fingerprint density at radius 2 is 2.06 bits per heavy atom. The number of nitrogens with two attached hydrogens (primary N) is 1. The minimum absolute atomic E-state index is 0.0984. The first-order valence-corrected chi connectivity index (χ1v) is 6.35. The summed E-state index contributed by atoms with van der Waals surface area (Å²) in [7, 11) is 0. The summed E-state index contributed by atoms with van der Waals surface area (Å²) in [6.07, 6.45) is 4.88. The molecule has 0 aliphatic carbocycles. The second-order valence-electron chi connectivity index (χ2n) is 4.14. The minimum atomic E-state index is 0.0984. The van der Waals surface area contributed by atoms with Crippen molar-refractivity contribution in [3.8, 4) is 0 Å². The maximum Gasteiger partial charge on any atom is 0.0935 e. The maximum absolute atomic E-state index is 6.14. The molecule has 0 aliphatic heterocycles. The number of hydrazine groups is 1. The van der Waals surface area contributed by atoms with Crippen molar-refractivity contribution in [2.45, 2.75) is 18.9 Å². The van der Waals surface area contributed by atoms with Crippen LogP contribution in [0, 0.1) is 0 Å². The Hall–Kier alpha value is -1.000. The maximum atomic E-state index is 6.14. The second kappa shape index (κ2) is 6.25. The zero-order valence-corrected chi connectivity index (χ0v) is 11.2. The predicted molar refractivity (Wildman–Crippen MR) is 73.7 cm³/mol. The van der Waals surface area contributed by atoms with Gasteiger partial charge in [-0.15, -0.1) is 0 Å². The Morgan fingerprint density at radius 3 is 2.67 bits per heavy atom. The third kappa shape index (κ3) is 3.50. The van der Waals surface area contributed by atoms with Crippen molar-refractivity contribution in [3.63, 3.8) is 0 Å². The Kier molecular flexibility index (Phi) is 4.66. The number of nitrogens with one attached hydrogen (secondary N) is 1. The summed E-state index contributed by atoms with van der Waals surface area (Å²) in [6.45, 7) is 0. The molecule has 5 heteroatoms. The van der Waals surface area contributed by atoms with Gasteiger partial charge in [-0.3, -0.25) is 11.3 Å². The molecule has 3 nitrogen and oxygen atoms in total. The summed E-state index contributed by atoms with van der Waals surface area (Å²) < 4.78 is 5.04. The van der Waals surface area contributed by atoms with Gasteiger partial charge in [-0.05, 0) is 42.2 Å². The van der Waals surface area contributed by atoms with Gasteiger partial charge in [-0.25, -0.2) is 0 Å². The molecule has 3 N–H and O–H groups in total. The number of rotatable bonds is 5. The summed E-state index contributed by atoms with van der Waals surface area (Å²) >= 11 is 12.0. The largest absolute Gasteiger partial charge is 0.472 e. The number of furan rings is 1. The van der Waals surface area contributed by atoms with Gasteiger partial charge in [0.25, 0.3) is 0 Å². The average Bonchev–Trinajstić information content (AvgIpc) is 2.84. The van der Waals surface area contributed by atoms with Crippen LogP contribution >= 0.6 is 23.2 Å². The molecule has 1 aromatic carbocycles. The lowest BCUT2D eigenvalue weighted by atomic mass is 10.0. The number of halogens is 2. The fourth-order valence-electron chi connectivity index (χ4n) is 1.84. The number of benzene rings is 1. The topological polar surface area (TPSA) is 51.2 Å². The highest BCUT2D eigenvalue weighted by Gasteiger charge is 2.12. The van der Waals surface area contributed by atoms with E-state index in [1.165, 1.54) is 0 Å².